The summed E-state index contributed by atoms with van der Waals surface area (Å²) in [6, 6.07) is 0. The number of unbranched alkanes of at least 4 members (excludes halogenated alkanes) is 8. The lowest BCUT2D eigenvalue weighted by atomic mass is 9.49. The number of allylic oxidation sites excluding steroid dienone is 4. The number of hydrogen-bond acceptors (Lipinski definition) is 7. The van der Waals surface area contributed by atoms with Gasteiger partial charge in [0.1, 0.15) is 19.8 Å². The topological polar surface area (TPSA) is 82.1 Å². The van der Waals surface area contributed by atoms with Crippen LogP contribution in [0.3, 0.4) is 0 Å². The fraction of sp³-hybridized carbons (Fsp3) is 0.833. The normalized spacial score (nSPS) is 25.4. The Kier molecular flexibility index (Phi) is 18.3. The van der Waals surface area contributed by atoms with Crippen molar-refractivity contribution in [1.29, 1.82) is 0 Å². The molecule has 0 N–H and O–H groups in total. The fourth-order valence-electron chi connectivity index (χ4n) is 9.32. The number of likely N-dealkylation sites (tertiary alicyclic amines) is 1. The zero-order valence-corrected chi connectivity index (χ0v) is 31.0. The third-order valence-corrected chi connectivity index (χ3v) is 11.5. The van der Waals surface area contributed by atoms with Crippen LogP contribution in [0.4, 0.5) is 0 Å². The van der Waals surface area contributed by atoms with Crippen LogP contribution in [0.1, 0.15) is 155 Å². The molecule has 1 aliphatic heterocycles. The lowest BCUT2D eigenvalue weighted by Crippen LogP contribution is -2.47. The van der Waals surface area contributed by atoms with E-state index in [1.54, 1.807) is 0 Å². The Morgan fingerprint density at radius 1 is 0.653 bits per heavy atom. The average Bonchev–Trinajstić information content (AvgIpc) is 3.59. The highest BCUT2D eigenvalue weighted by atomic mass is 16.6. The highest BCUT2D eigenvalue weighted by Crippen LogP contribution is 2.61. The maximum atomic E-state index is 13.1. The molecule has 7 heteroatoms. The molecule has 0 amide bonds. The molecule has 1 heterocycles. The maximum Gasteiger partial charge on any atom is 0.306 e. The lowest BCUT2D eigenvalue weighted by molar-refractivity contribution is -0.157. The molecule has 4 aliphatic carbocycles. The zero-order valence-electron chi connectivity index (χ0n) is 31.0. The van der Waals surface area contributed by atoms with Crippen LogP contribution in [0.5, 0.6) is 0 Å². The van der Waals surface area contributed by atoms with Crippen LogP contribution in [-0.4, -0.2) is 62.3 Å². The Morgan fingerprint density at radius 2 is 1.16 bits per heavy atom. The van der Waals surface area contributed by atoms with Crippen molar-refractivity contribution < 1.29 is 28.6 Å². The number of hydrogen-bond donors (Lipinski definition) is 0. The first-order valence-corrected chi connectivity index (χ1v) is 20.4. The molecular formula is C42H69NO6. The summed E-state index contributed by atoms with van der Waals surface area (Å²) in [6.07, 6.45) is 33.7. The summed E-state index contributed by atoms with van der Waals surface area (Å²) >= 11 is 0. The smallest absolute Gasteiger partial charge is 0.306 e. The van der Waals surface area contributed by atoms with Crippen molar-refractivity contribution >= 4 is 17.9 Å². The minimum absolute atomic E-state index is 0.101. The summed E-state index contributed by atoms with van der Waals surface area (Å²) in [4.78, 5) is 40.6. The van der Waals surface area contributed by atoms with Crippen molar-refractivity contribution in [2.45, 2.75) is 155 Å². The van der Waals surface area contributed by atoms with Gasteiger partial charge in [-0.1, -0.05) is 63.3 Å². The molecule has 1 unspecified atom stereocenters. The van der Waals surface area contributed by atoms with Crippen molar-refractivity contribution in [2.75, 3.05) is 39.5 Å². The Balaban J connectivity index is 1.09. The second kappa shape index (κ2) is 22.6. The highest BCUT2D eigenvalue weighted by Gasteiger charge is 2.51. The summed E-state index contributed by atoms with van der Waals surface area (Å²) in [5.41, 5.74) is 0.122. The van der Waals surface area contributed by atoms with Gasteiger partial charge in [-0.05, 0) is 139 Å². The molecule has 5 aliphatic rings. The van der Waals surface area contributed by atoms with Crippen LogP contribution < -0.4 is 0 Å². The number of carbonyl (C=O) groups is 3. The van der Waals surface area contributed by atoms with Gasteiger partial charge in [0.15, 0.2) is 0 Å². The highest BCUT2D eigenvalue weighted by molar-refractivity contribution is 5.71. The summed E-state index contributed by atoms with van der Waals surface area (Å²) in [5.74, 6) is 1.40. The van der Waals surface area contributed by atoms with Crippen molar-refractivity contribution in [1.82, 2.24) is 4.90 Å². The molecule has 4 saturated carbocycles. The molecule has 1 saturated heterocycles. The first-order chi connectivity index (χ1) is 23.9. The molecule has 0 radical (unpaired) electrons. The van der Waals surface area contributed by atoms with E-state index in [9.17, 15) is 14.4 Å². The minimum atomic E-state index is -0.351. The number of nitrogens with zero attached hydrogens (tertiary/aromatic N) is 1. The second-order valence-corrected chi connectivity index (χ2v) is 16.1. The van der Waals surface area contributed by atoms with Gasteiger partial charge in [-0.2, -0.15) is 0 Å². The zero-order chi connectivity index (χ0) is 34.6. The Morgan fingerprint density at radius 3 is 1.76 bits per heavy atom. The van der Waals surface area contributed by atoms with Crippen LogP contribution in [-0.2, 0) is 28.6 Å². The molecule has 0 aromatic rings. The molecule has 278 valence electrons. The van der Waals surface area contributed by atoms with E-state index in [0.29, 0.717) is 19.3 Å². The van der Waals surface area contributed by atoms with Gasteiger partial charge in [0.25, 0.3) is 0 Å². The van der Waals surface area contributed by atoms with Gasteiger partial charge in [0, 0.05) is 12.8 Å². The van der Waals surface area contributed by atoms with Gasteiger partial charge in [0.2, 0.25) is 0 Å². The summed E-state index contributed by atoms with van der Waals surface area (Å²) in [7, 11) is 0. The molecule has 49 heavy (non-hydrogen) atoms. The van der Waals surface area contributed by atoms with Gasteiger partial charge < -0.3 is 19.1 Å². The SMILES string of the molecule is CCCCC/C=C\C/C=C\CCCCCCCC(=O)OCC(COC(=O)CCCN1CCCC1)COC(=O)CC12CC3CC(CC(C3)C1)C2. The van der Waals surface area contributed by atoms with Crippen LogP contribution in [0.25, 0.3) is 0 Å². The van der Waals surface area contributed by atoms with Gasteiger partial charge in [-0.25, -0.2) is 0 Å². The van der Waals surface area contributed by atoms with Crippen molar-refractivity contribution in [2.24, 2.45) is 29.1 Å². The van der Waals surface area contributed by atoms with E-state index in [1.165, 1.54) is 89.9 Å². The molecule has 0 aromatic carbocycles. The molecule has 5 fully saturated rings. The van der Waals surface area contributed by atoms with Gasteiger partial charge in [-0.3, -0.25) is 14.4 Å². The third kappa shape index (κ3) is 15.7. The molecule has 0 aromatic heterocycles. The molecule has 5 rings (SSSR count). The summed E-state index contributed by atoms with van der Waals surface area (Å²) < 4.78 is 17.0. The van der Waals surface area contributed by atoms with Gasteiger partial charge in [-0.15, -0.1) is 0 Å². The van der Waals surface area contributed by atoms with E-state index in [4.69, 9.17) is 14.2 Å². The predicted octanol–water partition coefficient (Wildman–Crippen LogP) is 9.53. The monoisotopic (exact) mass is 684 g/mol. The maximum absolute atomic E-state index is 13.1. The standard InChI is InChI=1S/C42H69NO6/c1-2-3-4-5-6-7-8-9-10-11-12-13-14-15-16-20-39(44)47-32-38(33-48-40(45)21-19-24-43-22-17-18-23-43)34-49-41(46)31-42-28-35-25-36(29-42)27-37(26-35)30-42/h6-7,9-10,35-38H,2-5,8,11-34H2,1H3/b7-6-,10-9-. The van der Waals surface area contributed by atoms with Crippen LogP contribution in [0, 0.1) is 29.1 Å². The Hall–Kier alpha value is -2.15. The van der Waals surface area contributed by atoms with E-state index < -0.39 is 0 Å². The summed E-state index contributed by atoms with van der Waals surface area (Å²) in [5, 5.41) is 0. The van der Waals surface area contributed by atoms with Crippen molar-refractivity contribution in [3.8, 4) is 0 Å². The number of esters is 3. The molecule has 0 spiro atoms. The number of rotatable bonds is 26. The van der Waals surface area contributed by atoms with Crippen LogP contribution >= 0.6 is 0 Å². The average molecular weight is 684 g/mol. The first kappa shape index (κ1) is 39.6. The third-order valence-electron chi connectivity index (χ3n) is 11.5. The lowest BCUT2D eigenvalue weighted by Gasteiger charge is -2.56. The molecular weight excluding hydrogens is 614 g/mol. The van der Waals surface area contributed by atoms with Crippen LogP contribution in [0.2, 0.25) is 0 Å². The molecule has 7 nitrogen and oxygen atoms in total. The van der Waals surface area contributed by atoms with E-state index in [1.807, 2.05) is 0 Å². The van der Waals surface area contributed by atoms with E-state index in [2.05, 4.69) is 36.1 Å². The summed E-state index contributed by atoms with van der Waals surface area (Å²) in [6.45, 7) is 5.71. The van der Waals surface area contributed by atoms with Gasteiger partial charge >= 0.3 is 17.9 Å². The number of ether oxygens (including phenoxy) is 3. The number of carbonyl (C=O) groups excluding carboxylic acids is 3. The predicted molar refractivity (Wildman–Crippen MR) is 196 cm³/mol. The Labute approximate surface area is 298 Å². The molecule has 1 atom stereocenters. The quantitative estimate of drug-likeness (QED) is 0.0389. The first-order valence-electron chi connectivity index (χ1n) is 20.4. The van der Waals surface area contributed by atoms with Crippen LogP contribution in [0.15, 0.2) is 24.3 Å². The van der Waals surface area contributed by atoms with E-state index >= 15 is 0 Å². The van der Waals surface area contributed by atoms with Crippen molar-refractivity contribution in [3.63, 3.8) is 0 Å². The van der Waals surface area contributed by atoms with E-state index in [0.717, 1.165) is 75.9 Å². The Bertz CT molecular complexity index is 995. The fourth-order valence-corrected chi connectivity index (χ4v) is 9.32. The largest absolute Gasteiger partial charge is 0.465 e. The van der Waals surface area contributed by atoms with E-state index in [-0.39, 0.29) is 49.1 Å². The minimum Gasteiger partial charge on any atom is -0.465 e. The van der Waals surface area contributed by atoms with Crippen molar-refractivity contribution in [3.05, 3.63) is 24.3 Å². The van der Waals surface area contributed by atoms with Gasteiger partial charge in [0.05, 0.1) is 12.3 Å². The molecule has 4 bridgehead atoms. The second-order valence-electron chi connectivity index (χ2n) is 16.1.